The van der Waals surface area contributed by atoms with Gasteiger partial charge in [0.15, 0.2) is 9.84 Å². The molecule has 1 saturated heterocycles. The number of aromatic hydroxyl groups is 2. The normalized spacial score (nSPS) is 27.5. The number of hydrogen-bond acceptors (Lipinski definition) is 7. The number of nitrogens with zero attached hydrogens (tertiary/aromatic N) is 1. The number of fused-ring (bicyclic) bond motifs is 1. The molecule has 4 N–H and O–H groups in total. The number of nitrogens with one attached hydrogen (secondary N) is 1. The van der Waals surface area contributed by atoms with E-state index < -0.39 is 50.5 Å². The molecule has 2 aliphatic rings. The minimum absolute atomic E-state index is 0.0314. The van der Waals surface area contributed by atoms with E-state index in [0.717, 1.165) is 18.2 Å². The zero-order valence-electron chi connectivity index (χ0n) is 12.4. The molecule has 3 atom stereocenters. The minimum atomic E-state index is -4.03. The molecule has 0 spiro atoms. The molecule has 9 nitrogen and oxygen atoms in total. The number of phenolic OH excluding ortho intramolecular Hbond substituents is 2. The minimum Gasteiger partial charge on any atom is -0.508 e. The summed E-state index contributed by atoms with van der Waals surface area (Å²) in [7, 11) is -4.03. The maximum Gasteiger partial charge on any atom is 0.348 e. The van der Waals surface area contributed by atoms with Gasteiger partial charge in [-0.3, -0.25) is 10.0 Å². The summed E-state index contributed by atoms with van der Waals surface area (Å²) in [4.78, 5) is 23.4. The Morgan fingerprint density at radius 1 is 1.08 bits per heavy atom. The molecule has 1 aliphatic heterocycles. The Kier molecular flexibility index (Phi) is 3.88. The lowest BCUT2D eigenvalue weighted by Crippen LogP contribution is -2.64. The molecule has 0 radical (unpaired) electrons. The summed E-state index contributed by atoms with van der Waals surface area (Å²) in [6.45, 7) is 0. The van der Waals surface area contributed by atoms with Gasteiger partial charge in [-0.15, -0.1) is 5.06 Å². The Morgan fingerprint density at radius 3 is 2.33 bits per heavy atom. The highest BCUT2D eigenvalue weighted by molar-refractivity contribution is 7.92. The van der Waals surface area contributed by atoms with Gasteiger partial charge < -0.3 is 15.5 Å². The number of carbonyl (C=O) groups is 2. The highest BCUT2D eigenvalue weighted by Gasteiger charge is 2.50. The van der Waals surface area contributed by atoms with Crippen molar-refractivity contribution in [2.45, 2.75) is 35.4 Å². The Balaban J connectivity index is 2.01. The van der Waals surface area contributed by atoms with Crippen molar-refractivity contribution >= 4 is 21.8 Å². The molecule has 3 unspecified atom stereocenters. The van der Waals surface area contributed by atoms with Crippen molar-refractivity contribution in [1.29, 1.82) is 0 Å². The average Bonchev–Trinajstić information content (AvgIpc) is 2.51. The van der Waals surface area contributed by atoms with Crippen LogP contribution in [0.15, 0.2) is 23.1 Å². The molecule has 3 rings (SSSR count). The van der Waals surface area contributed by atoms with Crippen LogP contribution in [-0.4, -0.2) is 52.1 Å². The van der Waals surface area contributed by atoms with E-state index in [1.54, 1.807) is 0 Å². The summed E-state index contributed by atoms with van der Waals surface area (Å²) >= 11 is 0. The lowest BCUT2D eigenvalue weighted by atomic mass is 9.82. The lowest BCUT2D eigenvalue weighted by molar-refractivity contribution is -0.163. The summed E-state index contributed by atoms with van der Waals surface area (Å²) in [5.74, 6) is -2.49. The van der Waals surface area contributed by atoms with E-state index in [0.29, 0.717) is 12.8 Å². The average molecular weight is 356 g/mol. The first-order valence-electron chi connectivity index (χ1n) is 7.32. The van der Waals surface area contributed by atoms with E-state index in [-0.39, 0.29) is 16.4 Å². The SMILES string of the molecule is O=C1NC2C(CCCC2S(=O)(=O)c2cc(O)cc(O)c2)C(=O)N1O. The molecule has 1 aromatic rings. The molecule has 24 heavy (non-hydrogen) atoms. The van der Waals surface area contributed by atoms with Gasteiger partial charge in [-0.1, -0.05) is 6.42 Å². The second-order valence-corrected chi connectivity index (χ2v) is 8.10. The summed E-state index contributed by atoms with van der Waals surface area (Å²) in [6.07, 6.45) is 0.975. The summed E-state index contributed by atoms with van der Waals surface area (Å²) in [5.41, 5.74) is 0. The Bertz CT molecular complexity index is 787. The molecular weight excluding hydrogens is 340 g/mol. The fourth-order valence-corrected chi connectivity index (χ4v) is 5.38. The number of hydrogen-bond donors (Lipinski definition) is 4. The number of benzene rings is 1. The van der Waals surface area contributed by atoms with Crippen LogP contribution >= 0.6 is 0 Å². The van der Waals surface area contributed by atoms with Crippen LogP contribution in [0.4, 0.5) is 4.79 Å². The van der Waals surface area contributed by atoms with Crippen LogP contribution in [0.5, 0.6) is 11.5 Å². The van der Waals surface area contributed by atoms with E-state index in [1.807, 2.05) is 0 Å². The maximum absolute atomic E-state index is 12.9. The molecule has 10 heteroatoms. The molecule has 1 saturated carbocycles. The van der Waals surface area contributed by atoms with Crippen molar-refractivity contribution in [2.24, 2.45) is 5.92 Å². The molecular formula is C14H16N2O7S. The molecule has 1 aromatic carbocycles. The maximum atomic E-state index is 12.9. The van der Waals surface area contributed by atoms with E-state index in [1.165, 1.54) is 0 Å². The first kappa shape index (κ1) is 16.5. The van der Waals surface area contributed by atoms with E-state index >= 15 is 0 Å². The van der Waals surface area contributed by atoms with Crippen LogP contribution in [0.3, 0.4) is 0 Å². The van der Waals surface area contributed by atoms with Gasteiger partial charge in [-0.05, 0) is 25.0 Å². The summed E-state index contributed by atoms with van der Waals surface area (Å²) in [5, 5.41) is 29.7. The number of hydroxylamine groups is 2. The first-order valence-corrected chi connectivity index (χ1v) is 8.86. The molecule has 3 amide bonds. The Hall–Kier alpha value is -2.33. The van der Waals surface area contributed by atoms with Crippen molar-refractivity contribution in [3.8, 4) is 11.5 Å². The fraction of sp³-hybridized carbons (Fsp3) is 0.429. The number of phenols is 2. The predicted octanol–water partition coefficient (Wildman–Crippen LogP) is 0.350. The molecule has 1 aliphatic carbocycles. The summed E-state index contributed by atoms with van der Waals surface area (Å²) < 4.78 is 25.8. The van der Waals surface area contributed by atoms with Crippen LogP contribution in [0.25, 0.3) is 0 Å². The van der Waals surface area contributed by atoms with Gasteiger partial charge in [-0.25, -0.2) is 13.2 Å². The van der Waals surface area contributed by atoms with Crippen molar-refractivity contribution in [2.75, 3.05) is 0 Å². The fourth-order valence-electron chi connectivity index (χ4n) is 3.34. The third-order valence-electron chi connectivity index (χ3n) is 4.45. The molecule has 0 bridgehead atoms. The van der Waals surface area contributed by atoms with Gasteiger partial charge in [0.2, 0.25) is 0 Å². The smallest absolute Gasteiger partial charge is 0.348 e. The highest BCUT2D eigenvalue weighted by Crippen LogP contribution is 2.36. The van der Waals surface area contributed by atoms with Crippen molar-refractivity contribution in [1.82, 2.24) is 10.4 Å². The van der Waals surface area contributed by atoms with E-state index in [9.17, 15) is 33.4 Å². The van der Waals surface area contributed by atoms with Gasteiger partial charge in [0, 0.05) is 6.07 Å². The number of rotatable bonds is 2. The van der Waals surface area contributed by atoms with E-state index in [2.05, 4.69) is 5.32 Å². The van der Waals surface area contributed by atoms with E-state index in [4.69, 9.17) is 0 Å². The zero-order valence-corrected chi connectivity index (χ0v) is 13.2. The third-order valence-corrected chi connectivity index (χ3v) is 6.67. The van der Waals surface area contributed by atoms with Crippen LogP contribution in [0.1, 0.15) is 19.3 Å². The van der Waals surface area contributed by atoms with Crippen molar-refractivity contribution < 1.29 is 33.4 Å². The highest BCUT2D eigenvalue weighted by atomic mass is 32.2. The topological polar surface area (TPSA) is 144 Å². The summed E-state index contributed by atoms with van der Waals surface area (Å²) in [6, 6.07) is 0.962. The number of sulfone groups is 1. The first-order chi connectivity index (χ1) is 11.2. The molecule has 0 aromatic heterocycles. The van der Waals surface area contributed by atoms with Gasteiger partial charge in [0.1, 0.15) is 11.5 Å². The zero-order chi connectivity index (χ0) is 17.6. The number of urea groups is 1. The molecule has 1 heterocycles. The lowest BCUT2D eigenvalue weighted by Gasteiger charge is -2.41. The van der Waals surface area contributed by atoms with Gasteiger partial charge >= 0.3 is 6.03 Å². The Morgan fingerprint density at radius 2 is 1.71 bits per heavy atom. The van der Waals surface area contributed by atoms with Crippen molar-refractivity contribution in [3.63, 3.8) is 0 Å². The van der Waals surface area contributed by atoms with Crippen molar-refractivity contribution in [3.05, 3.63) is 18.2 Å². The largest absolute Gasteiger partial charge is 0.508 e. The standard InChI is InChI=1S/C14H16N2O7S/c17-7-4-8(18)6-9(5-7)24(22,23)11-3-1-2-10-12(11)15-14(20)16(21)13(10)19/h4-6,10-12,17-18,21H,1-3H2,(H,15,20). The Labute approximate surface area is 137 Å². The van der Waals surface area contributed by atoms with Crippen LogP contribution in [0.2, 0.25) is 0 Å². The third kappa shape index (κ3) is 2.57. The number of carbonyl (C=O) groups excluding carboxylic acids is 2. The van der Waals surface area contributed by atoms with Gasteiger partial charge in [0.05, 0.1) is 22.1 Å². The van der Waals surface area contributed by atoms with Gasteiger partial charge in [0.25, 0.3) is 5.91 Å². The van der Waals surface area contributed by atoms with Gasteiger partial charge in [-0.2, -0.15) is 0 Å². The molecule has 2 fully saturated rings. The van der Waals surface area contributed by atoms with Crippen LogP contribution in [0, 0.1) is 5.92 Å². The van der Waals surface area contributed by atoms with Crippen LogP contribution in [-0.2, 0) is 14.6 Å². The quantitative estimate of drug-likeness (QED) is 0.560. The second-order valence-electron chi connectivity index (χ2n) is 5.93. The number of amides is 3. The predicted molar refractivity (Wildman–Crippen MR) is 79.0 cm³/mol. The second kappa shape index (κ2) is 5.64. The molecule has 130 valence electrons. The number of imide groups is 1. The van der Waals surface area contributed by atoms with Crippen LogP contribution < -0.4 is 5.32 Å². The monoisotopic (exact) mass is 356 g/mol.